The number of hydrogen-bond acceptors (Lipinski definition) is 3. The van der Waals surface area contributed by atoms with E-state index in [0.717, 1.165) is 29.0 Å². The minimum absolute atomic E-state index is 0.548. The summed E-state index contributed by atoms with van der Waals surface area (Å²) >= 11 is 0. The van der Waals surface area contributed by atoms with Crippen LogP contribution < -0.4 is 4.74 Å². The van der Waals surface area contributed by atoms with Crippen LogP contribution in [0.25, 0.3) is 16.9 Å². The van der Waals surface area contributed by atoms with E-state index in [1.54, 1.807) is 18.0 Å². The van der Waals surface area contributed by atoms with Crippen molar-refractivity contribution in [1.29, 1.82) is 0 Å². The molecule has 3 rings (SSSR count). The summed E-state index contributed by atoms with van der Waals surface area (Å²) in [5, 5.41) is 4.33. The van der Waals surface area contributed by atoms with Gasteiger partial charge in [0.2, 0.25) is 0 Å². The molecule has 2 aromatic carbocycles. The maximum absolute atomic E-state index is 11.3. The van der Waals surface area contributed by atoms with Gasteiger partial charge in [0.15, 0.2) is 6.29 Å². The van der Waals surface area contributed by atoms with Gasteiger partial charge in [-0.05, 0) is 24.3 Å². The number of nitrogens with zero attached hydrogens (tertiary/aromatic N) is 2. The van der Waals surface area contributed by atoms with Gasteiger partial charge in [-0.15, -0.1) is 0 Å². The average molecular weight is 278 g/mol. The standard InChI is InChI=1S/C17H14N2O2/c1-21-16-9-5-6-13(10-16)17-14(12-20)11-18-19(17)15-7-3-2-4-8-15/h2-12H,1H3. The van der Waals surface area contributed by atoms with Crippen molar-refractivity contribution in [2.24, 2.45) is 0 Å². The van der Waals surface area contributed by atoms with Crippen molar-refractivity contribution in [3.8, 4) is 22.7 Å². The zero-order chi connectivity index (χ0) is 14.7. The van der Waals surface area contributed by atoms with Crippen LogP contribution in [0.15, 0.2) is 60.8 Å². The van der Waals surface area contributed by atoms with Gasteiger partial charge in [0, 0.05) is 5.56 Å². The third kappa shape index (κ3) is 2.43. The molecule has 0 aliphatic carbocycles. The molecule has 1 heterocycles. The molecule has 104 valence electrons. The van der Waals surface area contributed by atoms with Crippen LogP contribution in [0.1, 0.15) is 10.4 Å². The summed E-state index contributed by atoms with van der Waals surface area (Å²) in [6.07, 6.45) is 2.40. The quantitative estimate of drug-likeness (QED) is 0.687. The molecule has 0 saturated carbocycles. The Morgan fingerprint density at radius 1 is 1.10 bits per heavy atom. The fraction of sp³-hybridized carbons (Fsp3) is 0.0588. The fourth-order valence-corrected chi connectivity index (χ4v) is 2.27. The van der Waals surface area contributed by atoms with E-state index >= 15 is 0 Å². The van der Waals surface area contributed by atoms with Crippen LogP contribution in [0.2, 0.25) is 0 Å². The average Bonchev–Trinajstić information content (AvgIpc) is 2.99. The first-order chi connectivity index (χ1) is 10.3. The molecule has 4 heteroatoms. The van der Waals surface area contributed by atoms with E-state index in [0.29, 0.717) is 5.56 Å². The smallest absolute Gasteiger partial charge is 0.153 e. The summed E-state index contributed by atoms with van der Waals surface area (Å²) in [5.41, 5.74) is 3.10. The van der Waals surface area contributed by atoms with E-state index in [1.807, 2.05) is 54.6 Å². The van der Waals surface area contributed by atoms with E-state index in [2.05, 4.69) is 5.10 Å². The zero-order valence-electron chi connectivity index (χ0n) is 11.6. The number of methoxy groups -OCH3 is 1. The van der Waals surface area contributed by atoms with Crippen LogP contribution in [-0.2, 0) is 0 Å². The van der Waals surface area contributed by atoms with Gasteiger partial charge in [-0.2, -0.15) is 5.10 Å². The highest BCUT2D eigenvalue weighted by Gasteiger charge is 2.14. The molecule has 3 aromatic rings. The summed E-state index contributed by atoms with van der Waals surface area (Å²) in [4.78, 5) is 11.3. The molecule has 0 bridgehead atoms. The maximum Gasteiger partial charge on any atom is 0.153 e. The van der Waals surface area contributed by atoms with Gasteiger partial charge < -0.3 is 4.74 Å². The lowest BCUT2D eigenvalue weighted by Crippen LogP contribution is -2.00. The number of carbonyl (C=O) groups excluding carboxylic acids is 1. The van der Waals surface area contributed by atoms with Crippen molar-refractivity contribution in [1.82, 2.24) is 9.78 Å². The molecule has 0 amide bonds. The monoisotopic (exact) mass is 278 g/mol. The van der Waals surface area contributed by atoms with E-state index in [9.17, 15) is 4.79 Å². The molecule has 21 heavy (non-hydrogen) atoms. The first-order valence-electron chi connectivity index (χ1n) is 6.56. The van der Waals surface area contributed by atoms with Gasteiger partial charge in [0.25, 0.3) is 0 Å². The second-order valence-electron chi connectivity index (χ2n) is 4.55. The molecular formula is C17H14N2O2. The summed E-state index contributed by atoms with van der Waals surface area (Å²) < 4.78 is 7.02. The van der Waals surface area contributed by atoms with Crippen molar-refractivity contribution >= 4 is 6.29 Å². The Morgan fingerprint density at radius 2 is 1.90 bits per heavy atom. The topological polar surface area (TPSA) is 44.1 Å². The van der Waals surface area contributed by atoms with Crippen molar-refractivity contribution < 1.29 is 9.53 Å². The molecule has 0 unspecified atom stereocenters. The van der Waals surface area contributed by atoms with Crippen LogP contribution in [-0.4, -0.2) is 23.2 Å². The van der Waals surface area contributed by atoms with Gasteiger partial charge in [0.05, 0.1) is 30.3 Å². The van der Waals surface area contributed by atoms with Gasteiger partial charge in [0.1, 0.15) is 5.75 Å². The van der Waals surface area contributed by atoms with Gasteiger partial charge in [-0.3, -0.25) is 4.79 Å². The highest BCUT2D eigenvalue weighted by molar-refractivity contribution is 5.86. The highest BCUT2D eigenvalue weighted by atomic mass is 16.5. The summed E-state index contributed by atoms with van der Waals surface area (Å²) in [6.45, 7) is 0. The Bertz CT molecular complexity index is 763. The van der Waals surface area contributed by atoms with Gasteiger partial charge in [-0.1, -0.05) is 30.3 Å². The predicted octanol–water partition coefficient (Wildman–Crippen LogP) is 3.36. The van der Waals surface area contributed by atoms with E-state index < -0.39 is 0 Å². The summed E-state index contributed by atoms with van der Waals surface area (Å²) in [7, 11) is 1.62. The third-order valence-electron chi connectivity index (χ3n) is 3.27. The first-order valence-corrected chi connectivity index (χ1v) is 6.56. The lowest BCUT2D eigenvalue weighted by molar-refractivity contribution is 0.112. The number of ether oxygens (including phenoxy) is 1. The summed E-state index contributed by atoms with van der Waals surface area (Å²) in [5.74, 6) is 0.741. The second kappa shape index (κ2) is 5.63. The van der Waals surface area contributed by atoms with Crippen molar-refractivity contribution in [3.63, 3.8) is 0 Å². The molecule has 0 radical (unpaired) electrons. The number of carbonyl (C=O) groups is 1. The normalized spacial score (nSPS) is 10.3. The number of aromatic nitrogens is 2. The van der Waals surface area contributed by atoms with Crippen LogP contribution in [0.4, 0.5) is 0 Å². The van der Waals surface area contributed by atoms with E-state index in [1.165, 1.54) is 0 Å². The maximum atomic E-state index is 11.3. The fourth-order valence-electron chi connectivity index (χ4n) is 2.27. The zero-order valence-corrected chi connectivity index (χ0v) is 11.6. The SMILES string of the molecule is COc1cccc(-c2c(C=O)cnn2-c2ccccc2)c1. The number of hydrogen-bond donors (Lipinski definition) is 0. The molecular weight excluding hydrogens is 264 g/mol. The largest absolute Gasteiger partial charge is 0.497 e. The van der Waals surface area contributed by atoms with Crippen molar-refractivity contribution in [2.75, 3.05) is 7.11 Å². The Kier molecular flexibility index (Phi) is 3.51. The molecule has 4 nitrogen and oxygen atoms in total. The number of aldehydes is 1. The molecule has 0 aliphatic rings. The molecule has 0 saturated heterocycles. The molecule has 0 N–H and O–H groups in total. The van der Waals surface area contributed by atoms with Gasteiger partial charge >= 0.3 is 0 Å². The van der Waals surface area contributed by atoms with Crippen LogP contribution in [0.3, 0.4) is 0 Å². The highest BCUT2D eigenvalue weighted by Crippen LogP contribution is 2.28. The Morgan fingerprint density at radius 3 is 2.62 bits per heavy atom. The second-order valence-corrected chi connectivity index (χ2v) is 4.55. The molecule has 0 aliphatic heterocycles. The third-order valence-corrected chi connectivity index (χ3v) is 3.27. The van der Waals surface area contributed by atoms with Crippen molar-refractivity contribution in [2.45, 2.75) is 0 Å². The molecule has 0 spiro atoms. The van der Waals surface area contributed by atoms with Crippen molar-refractivity contribution in [3.05, 3.63) is 66.4 Å². The van der Waals surface area contributed by atoms with E-state index in [4.69, 9.17) is 4.74 Å². The van der Waals surface area contributed by atoms with Crippen LogP contribution in [0, 0.1) is 0 Å². The number of benzene rings is 2. The van der Waals surface area contributed by atoms with Crippen LogP contribution >= 0.6 is 0 Å². The minimum atomic E-state index is 0.548. The lowest BCUT2D eigenvalue weighted by Gasteiger charge is -2.09. The minimum Gasteiger partial charge on any atom is -0.497 e. The van der Waals surface area contributed by atoms with E-state index in [-0.39, 0.29) is 0 Å². The molecule has 0 atom stereocenters. The Hall–Kier alpha value is -2.88. The first kappa shape index (κ1) is 13.1. The Labute approximate surface area is 122 Å². The summed E-state index contributed by atoms with van der Waals surface area (Å²) in [6, 6.07) is 17.3. The predicted molar refractivity (Wildman–Crippen MR) is 80.9 cm³/mol. The molecule has 1 aromatic heterocycles. The Balaban J connectivity index is 2.20. The number of rotatable bonds is 4. The van der Waals surface area contributed by atoms with Crippen LogP contribution in [0.5, 0.6) is 5.75 Å². The lowest BCUT2D eigenvalue weighted by atomic mass is 10.1. The number of para-hydroxylation sites is 1. The van der Waals surface area contributed by atoms with Gasteiger partial charge in [-0.25, -0.2) is 4.68 Å². The molecule has 0 fully saturated rings.